The van der Waals surface area contributed by atoms with E-state index in [9.17, 15) is 0 Å². The summed E-state index contributed by atoms with van der Waals surface area (Å²) in [7, 11) is 5.92. The van der Waals surface area contributed by atoms with Crippen molar-refractivity contribution in [3.63, 3.8) is 0 Å². The second-order valence-electron chi connectivity index (χ2n) is 6.88. The average Bonchev–Trinajstić information content (AvgIpc) is 2.99. The lowest BCUT2D eigenvalue weighted by atomic mass is 10.2. The molecule has 1 aliphatic rings. The lowest BCUT2D eigenvalue weighted by molar-refractivity contribution is 0.339. The highest BCUT2D eigenvalue weighted by Gasteiger charge is 2.18. The number of imidazole rings is 1. The minimum Gasteiger partial charge on any atom is -0.375 e. The third-order valence-corrected chi connectivity index (χ3v) is 3.99. The number of likely N-dealkylation sites (N-methyl/N-ethyl adjacent to an activating group) is 1. The largest absolute Gasteiger partial charge is 0.375 e. The summed E-state index contributed by atoms with van der Waals surface area (Å²) >= 11 is 5.11. The monoisotopic (exact) mass is 391 g/mol. The van der Waals surface area contributed by atoms with Crippen molar-refractivity contribution in [1.82, 2.24) is 30.1 Å². The first kappa shape index (κ1) is 21.0. The summed E-state index contributed by atoms with van der Waals surface area (Å²) in [5, 5.41) is 13.0. The third-order valence-electron chi connectivity index (χ3n) is 3.78. The highest BCUT2D eigenvalue weighted by Crippen LogP contribution is 2.09. The first-order valence-electron chi connectivity index (χ1n) is 8.80. The molecule has 9 nitrogen and oxygen atoms in total. The maximum atomic E-state index is 5.79. The topological polar surface area (TPSA) is 99.1 Å². The smallest absolute Gasteiger partial charge is 0.187 e. The molecule has 2 rings (SSSR count). The van der Waals surface area contributed by atoms with Crippen LogP contribution in [0.5, 0.6) is 0 Å². The Morgan fingerprint density at radius 1 is 1.48 bits per heavy atom. The van der Waals surface area contributed by atoms with Crippen LogP contribution in [0.25, 0.3) is 0 Å². The van der Waals surface area contributed by atoms with E-state index in [-0.39, 0.29) is 17.4 Å². The van der Waals surface area contributed by atoms with Crippen molar-refractivity contribution in [2.24, 2.45) is 22.9 Å². The Balaban J connectivity index is 2.22. The Labute approximate surface area is 166 Å². The number of hydrogen-bond acceptors (Lipinski definition) is 7. The van der Waals surface area contributed by atoms with E-state index in [4.69, 9.17) is 22.9 Å². The molecule has 0 saturated heterocycles. The van der Waals surface area contributed by atoms with Gasteiger partial charge >= 0.3 is 0 Å². The van der Waals surface area contributed by atoms with E-state index in [0.717, 1.165) is 23.6 Å². The third kappa shape index (κ3) is 6.42. The van der Waals surface area contributed by atoms with E-state index < -0.39 is 0 Å². The van der Waals surface area contributed by atoms with Crippen molar-refractivity contribution in [2.75, 3.05) is 27.2 Å². The van der Waals surface area contributed by atoms with Crippen molar-refractivity contribution < 1.29 is 0 Å². The van der Waals surface area contributed by atoms with Crippen molar-refractivity contribution in [2.45, 2.75) is 26.2 Å². The fourth-order valence-electron chi connectivity index (χ4n) is 2.42. The summed E-state index contributed by atoms with van der Waals surface area (Å²) in [5.74, 6) is 0. The molecule has 0 aliphatic carbocycles. The normalized spacial score (nSPS) is 17.2. The number of aliphatic imine (C=N–C) groups is 1. The zero-order chi connectivity index (χ0) is 20.0. The SMILES string of the molecule is CC(C)NC1N=C(c2cncn2C)C=C(/C=N/N(CCN(C)C)C(N)=S)N1. The van der Waals surface area contributed by atoms with E-state index >= 15 is 0 Å². The van der Waals surface area contributed by atoms with E-state index in [1.54, 1.807) is 23.7 Å². The van der Waals surface area contributed by atoms with Gasteiger partial charge in [0.15, 0.2) is 11.4 Å². The minimum absolute atomic E-state index is 0.238. The van der Waals surface area contributed by atoms with E-state index in [2.05, 4.69) is 39.5 Å². The molecule has 27 heavy (non-hydrogen) atoms. The van der Waals surface area contributed by atoms with Gasteiger partial charge in [0.2, 0.25) is 0 Å². The molecule has 0 amide bonds. The van der Waals surface area contributed by atoms with Gasteiger partial charge in [-0.1, -0.05) is 0 Å². The van der Waals surface area contributed by atoms with Crippen LogP contribution in [0.4, 0.5) is 0 Å². The van der Waals surface area contributed by atoms with Crippen LogP contribution >= 0.6 is 12.2 Å². The van der Waals surface area contributed by atoms with Crippen molar-refractivity contribution >= 4 is 29.3 Å². The Hall–Kier alpha value is -2.30. The Bertz CT molecular complexity index is 733. The summed E-state index contributed by atoms with van der Waals surface area (Å²) in [6.07, 6.45) is 6.93. The molecule has 1 aromatic rings. The van der Waals surface area contributed by atoms with E-state index in [0.29, 0.717) is 6.54 Å². The van der Waals surface area contributed by atoms with Gasteiger partial charge in [-0.2, -0.15) is 5.10 Å². The Morgan fingerprint density at radius 3 is 2.78 bits per heavy atom. The van der Waals surface area contributed by atoms with Gasteiger partial charge in [0.1, 0.15) is 0 Å². The van der Waals surface area contributed by atoms with Gasteiger partial charge in [0, 0.05) is 19.6 Å². The molecule has 4 N–H and O–H groups in total. The zero-order valence-corrected chi connectivity index (χ0v) is 17.4. The van der Waals surface area contributed by atoms with Gasteiger partial charge in [-0.05, 0) is 46.2 Å². The molecule has 1 aliphatic heterocycles. The number of aryl methyl sites for hydroxylation is 1. The predicted molar refractivity (Wildman–Crippen MR) is 114 cm³/mol. The zero-order valence-electron chi connectivity index (χ0n) is 16.5. The van der Waals surface area contributed by atoms with Crippen LogP contribution in [0.3, 0.4) is 0 Å². The number of hydrogen-bond donors (Lipinski definition) is 3. The summed E-state index contributed by atoms with van der Waals surface area (Å²) in [5.41, 5.74) is 8.35. The number of nitrogens with two attached hydrogens (primary N) is 1. The van der Waals surface area contributed by atoms with Gasteiger partial charge in [0.05, 0.1) is 42.4 Å². The molecule has 0 aromatic carbocycles. The molecule has 0 saturated carbocycles. The molecule has 0 bridgehead atoms. The fraction of sp³-hybridized carbons (Fsp3) is 0.529. The lowest BCUT2D eigenvalue weighted by Gasteiger charge is -2.25. The van der Waals surface area contributed by atoms with Crippen LogP contribution in [0.2, 0.25) is 0 Å². The Morgan fingerprint density at radius 2 is 2.22 bits per heavy atom. The van der Waals surface area contributed by atoms with Gasteiger partial charge in [-0.15, -0.1) is 0 Å². The number of allylic oxidation sites excluding steroid dienone is 2. The summed E-state index contributed by atoms with van der Waals surface area (Å²) < 4.78 is 1.93. The summed E-state index contributed by atoms with van der Waals surface area (Å²) in [6, 6.07) is 0.267. The molecular formula is C17H29N9S. The molecule has 2 heterocycles. The quantitative estimate of drug-likeness (QED) is 0.328. The average molecular weight is 392 g/mol. The lowest BCUT2D eigenvalue weighted by Crippen LogP contribution is -2.46. The molecule has 1 unspecified atom stereocenters. The number of hydrazone groups is 1. The van der Waals surface area contributed by atoms with Gasteiger partial charge in [0.25, 0.3) is 0 Å². The van der Waals surface area contributed by atoms with Crippen molar-refractivity contribution in [1.29, 1.82) is 0 Å². The molecule has 0 radical (unpaired) electrons. The molecule has 0 fully saturated rings. The van der Waals surface area contributed by atoms with Crippen LogP contribution in [0.1, 0.15) is 19.5 Å². The first-order valence-corrected chi connectivity index (χ1v) is 9.21. The number of nitrogens with zero attached hydrogens (tertiary/aromatic N) is 6. The maximum Gasteiger partial charge on any atom is 0.187 e. The van der Waals surface area contributed by atoms with Gasteiger partial charge in [-0.25, -0.2) is 15.0 Å². The van der Waals surface area contributed by atoms with E-state index in [1.807, 2.05) is 31.8 Å². The summed E-state index contributed by atoms with van der Waals surface area (Å²) in [6.45, 7) is 5.55. The standard InChI is InChI=1S/C17H29N9S/c1-12(2)21-17-22-13(8-14(23-17)15-10-19-11-25(15)5)9-20-26(16(18)27)7-6-24(3)4/h8-12,17,21-22H,6-7H2,1-5H3,(H2,18,27)/b20-9+. The van der Waals surface area contributed by atoms with Crippen LogP contribution < -0.4 is 16.4 Å². The predicted octanol–water partition coefficient (Wildman–Crippen LogP) is 0.0709. The second kappa shape index (κ2) is 9.58. The molecule has 148 valence electrons. The molecule has 10 heteroatoms. The highest BCUT2D eigenvalue weighted by molar-refractivity contribution is 7.80. The first-order chi connectivity index (χ1) is 12.8. The number of rotatable bonds is 8. The minimum atomic E-state index is -0.263. The van der Waals surface area contributed by atoms with Crippen LogP contribution in [0, 0.1) is 0 Å². The maximum absolute atomic E-state index is 5.79. The number of nitrogens with one attached hydrogen (secondary N) is 2. The number of aromatic nitrogens is 2. The Kier molecular flexibility index (Phi) is 7.45. The van der Waals surface area contributed by atoms with Crippen molar-refractivity contribution in [3.05, 3.63) is 30.0 Å². The van der Waals surface area contributed by atoms with Crippen molar-refractivity contribution in [3.8, 4) is 0 Å². The van der Waals surface area contributed by atoms with Gasteiger partial charge in [-0.3, -0.25) is 5.32 Å². The molecule has 0 spiro atoms. The summed E-state index contributed by atoms with van der Waals surface area (Å²) in [4.78, 5) is 11.0. The highest BCUT2D eigenvalue weighted by atomic mass is 32.1. The second-order valence-corrected chi connectivity index (χ2v) is 7.30. The van der Waals surface area contributed by atoms with Crippen LogP contribution in [-0.4, -0.2) is 76.0 Å². The van der Waals surface area contributed by atoms with Crippen LogP contribution in [0.15, 0.2) is 34.4 Å². The van der Waals surface area contributed by atoms with Crippen LogP contribution in [-0.2, 0) is 7.05 Å². The van der Waals surface area contributed by atoms with Gasteiger partial charge < -0.3 is 20.5 Å². The molecule has 1 aromatic heterocycles. The molecular weight excluding hydrogens is 362 g/mol. The number of thiocarbonyl (C=S) groups is 1. The fourth-order valence-corrected chi connectivity index (χ4v) is 2.56. The molecule has 1 atom stereocenters. The van der Waals surface area contributed by atoms with E-state index in [1.165, 1.54) is 0 Å².